The van der Waals surface area contributed by atoms with Crippen molar-refractivity contribution in [2.24, 2.45) is 0 Å². The largest absolute Gasteiger partial charge is 0.379 e. The van der Waals surface area contributed by atoms with E-state index in [0.29, 0.717) is 0 Å². The Labute approximate surface area is 149 Å². The second-order valence-corrected chi connectivity index (χ2v) is 6.74. The van der Waals surface area contributed by atoms with E-state index in [-0.39, 0.29) is 24.2 Å². The molecule has 0 aromatic heterocycles. The molecule has 1 aliphatic heterocycles. The molecule has 2 fully saturated rings. The fraction of sp³-hybridized carbons (Fsp3) is 0.632. The van der Waals surface area contributed by atoms with E-state index in [1.165, 1.54) is 0 Å². The summed E-state index contributed by atoms with van der Waals surface area (Å²) in [5.41, 5.74) is 1.82. The van der Waals surface area contributed by atoms with Crippen molar-refractivity contribution in [2.75, 3.05) is 40.5 Å². The second-order valence-electron chi connectivity index (χ2n) is 6.74. The number of hydrogen-bond donors (Lipinski definition) is 1. The van der Waals surface area contributed by atoms with Crippen LogP contribution in [0.5, 0.6) is 0 Å². The van der Waals surface area contributed by atoms with Crippen molar-refractivity contribution in [3.8, 4) is 0 Å². The number of amides is 1. The number of benzene rings is 1. The van der Waals surface area contributed by atoms with Crippen molar-refractivity contribution in [3.05, 3.63) is 35.4 Å². The van der Waals surface area contributed by atoms with E-state index in [2.05, 4.69) is 10.2 Å². The standard InChI is InChI=1S/C19H28N2O4/c1-23-17-11-15(12-18(17)24-2)20-19(22)16-6-4-3-5-14(16)13-21-7-9-25-10-8-21/h3-6,15,17-18H,7-13H2,1-2H3,(H,20,22)/t15?,17-,18+. The molecule has 6 nitrogen and oxygen atoms in total. The summed E-state index contributed by atoms with van der Waals surface area (Å²) in [6, 6.07) is 7.93. The van der Waals surface area contributed by atoms with E-state index in [9.17, 15) is 4.79 Å². The van der Waals surface area contributed by atoms with Crippen LogP contribution in [0, 0.1) is 0 Å². The van der Waals surface area contributed by atoms with Gasteiger partial charge in [0.25, 0.3) is 5.91 Å². The Morgan fingerprint density at radius 1 is 1.16 bits per heavy atom. The summed E-state index contributed by atoms with van der Waals surface area (Å²) in [4.78, 5) is 15.1. The zero-order chi connectivity index (χ0) is 17.6. The molecule has 138 valence electrons. The molecule has 2 aliphatic rings. The third-order valence-electron chi connectivity index (χ3n) is 5.15. The molecule has 0 bridgehead atoms. The summed E-state index contributed by atoms with van der Waals surface area (Å²) < 4.78 is 16.3. The van der Waals surface area contributed by atoms with Gasteiger partial charge >= 0.3 is 0 Å². The molecule has 1 aliphatic carbocycles. The van der Waals surface area contributed by atoms with Gasteiger partial charge in [-0.1, -0.05) is 18.2 Å². The summed E-state index contributed by atoms with van der Waals surface area (Å²) in [5.74, 6) is -0.0135. The molecule has 0 spiro atoms. The molecule has 3 rings (SSSR count). The Bertz CT molecular complexity index is 562. The minimum absolute atomic E-state index is 0.0135. The molecule has 1 saturated carbocycles. The van der Waals surface area contributed by atoms with E-state index >= 15 is 0 Å². The Morgan fingerprint density at radius 2 is 1.80 bits per heavy atom. The molecule has 1 heterocycles. The number of carbonyl (C=O) groups is 1. The summed E-state index contributed by atoms with van der Waals surface area (Å²) in [7, 11) is 3.39. The molecule has 1 aromatic rings. The van der Waals surface area contributed by atoms with E-state index in [4.69, 9.17) is 14.2 Å². The molecule has 25 heavy (non-hydrogen) atoms. The highest BCUT2D eigenvalue weighted by Crippen LogP contribution is 2.25. The van der Waals surface area contributed by atoms with Gasteiger partial charge in [0.05, 0.1) is 25.4 Å². The average Bonchev–Trinajstić information content (AvgIpc) is 3.05. The molecule has 3 atom stereocenters. The molecular weight excluding hydrogens is 320 g/mol. The Kier molecular flexibility index (Phi) is 6.42. The van der Waals surface area contributed by atoms with Gasteiger partial charge in [-0.2, -0.15) is 0 Å². The second kappa shape index (κ2) is 8.76. The Hall–Kier alpha value is -1.47. The van der Waals surface area contributed by atoms with Crippen LogP contribution >= 0.6 is 0 Å². The minimum Gasteiger partial charge on any atom is -0.379 e. The molecule has 1 aromatic carbocycles. The number of methoxy groups -OCH3 is 2. The van der Waals surface area contributed by atoms with E-state index in [0.717, 1.165) is 56.8 Å². The van der Waals surface area contributed by atoms with Gasteiger partial charge in [0.2, 0.25) is 0 Å². The molecule has 6 heteroatoms. The SMILES string of the molecule is CO[C@H]1CC(NC(=O)c2ccccc2CN2CCOCC2)C[C@H]1OC. The van der Waals surface area contributed by atoms with Crippen LogP contribution in [-0.4, -0.2) is 69.6 Å². The third kappa shape index (κ3) is 4.58. The zero-order valence-electron chi connectivity index (χ0n) is 15.1. The van der Waals surface area contributed by atoms with Crippen molar-refractivity contribution in [2.45, 2.75) is 37.6 Å². The van der Waals surface area contributed by atoms with Crippen LogP contribution in [0.2, 0.25) is 0 Å². The highest BCUT2D eigenvalue weighted by atomic mass is 16.5. The highest BCUT2D eigenvalue weighted by molar-refractivity contribution is 5.95. The first-order valence-electron chi connectivity index (χ1n) is 8.95. The lowest BCUT2D eigenvalue weighted by atomic mass is 10.1. The maximum Gasteiger partial charge on any atom is 0.251 e. The zero-order valence-corrected chi connectivity index (χ0v) is 15.1. The number of carbonyl (C=O) groups excluding carboxylic acids is 1. The monoisotopic (exact) mass is 348 g/mol. The number of morpholine rings is 1. The van der Waals surface area contributed by atoms with Gasteiger partial charge < -0.3 is 19.5 Å². The summed E-state index contributed by atoms with van der Waals surface area (Å²) in [6.45, 7) is 4.10. The number of nitrogens with zero attached hydrogens (tertiary/aromatic N) is 1. The number of nitrogens with one attached hydrogen (secondary N) is 1. The number of ether oxygens (including phenoxy) is 3. The average molecular weight is 348 g/mol. The van der Waals surface area contributed by atoms with Gasteiger partial charge in [-0.05, 0) is 24.5 Å². The fourth-order valence-electron chi connectivity index (χ4n) is 3.72. The fourth-order valence-corrected chi connectivity index (χ4v) is 3.72. The molecule has 1 amide bonds. The molecular formula is C19H28N2O4. The van der Waals surface area contributed by atoms with Crippen LogP contribution in [0.4, 0.5) is 0 Å². The number of rotatable bonds is 6. The molecule has 1 N–H and O–H groups in total. The maximum atomic E-state index is 12.8. The lowest BCUT2D eigenvalue weighted by Crippen LogP contribution is -2.37. The summed E-state index contributed by atoms with van der Waals surface area (Å²) in [5, 5.41) is 3.16. The van der Waals surface area contributed by atoms with Crippen molar-refractivity contribution >= 4 is 5.91 Å². The Morgan fingerprint density at radius 3 is 2.44 bits per heavy atom. The summed E-state index contributed by atoms with van der Waals surface area (Å²) >= 11 is 0. The first-order chi connectivity index (χ1) is 12.2. The molecule has 1 unspecified atom stereocenters. The van der Waals surface area contributed by atoms with Gasteiger partial charge in [0, 0.05) is 45.5 Å². The van der Waals surface area contributed by atoms with Gasteiger partial charge in [0.1, 0.15) is 0 Å². The maximum absolute atomic E-state index is 12.8. The normalized spacial score (nSPS) is 27.4. The van der Waals surface area contributed by atoms with Gasteiger partial charge in [-0.25, -0.2) is 0 Å². The number of hydrogen-bond acceptors (Lipinski definition) is 5. The van der Waals surface area contributed by atoms with Crippen molar-refractivity contribution in [1.29, 1.82) is 0 Å². The van der Waals surface area contributed by atoms with E-state index < -0.39 is 0 Å². The summed E-state index contributed by atoms with van der Waals surface area (Å²) in [6.07, 6.45) is 1.65. The lowest BCUT2D eigenvalue weighted by molar-refractivity contribution is -0.0157. The van der Waals surface area contributed by atoms with Gasteiger partial charge in [-0.15, -0.1) is 0 Å². The first-order valence-corrected chi connectivity index (χ1v) is 8.95. The minimum atomic E-state index is -0.0135. The van der Waals surface area contributed by atoms with Crippen LogP contribution in [0.3, 0.4) is 0 Å². The van der Waals surface area contributed by atoms with Crippen LogP contribution < -0.4 is 5.32 Å². The van der Waals surface area contributed by atoms with E-state index in [1.807, 2.05) is 24.3 Å². The lowest BCUT2D eigenvalue weighted by Gasteiger charge is -2.27. The topological polar surface area (TPSA) is 60.0 Å². The van der Waals surface area contributed by atoms with Crippen LogP contribution in [0.15, 0.2) is 24.3 Å². The van der Waals surface area contributed by atoms with Crippen molar-refractivity contribution in [1.82, 2.24) is 10.2 Å². The predicted molar refractivity (Wildman–Crippen MR) is 94.6 cm³/mol. The van der Waals surface area contributed by atoms with Crippen molar-refractivity contribution in [3.63, 3.8) is 0 Å². The Balaban J connectivity index is 1.64. The van der Waals surface area contributed by atoms with Crippen LogP contribution in [0.25, 0.3) is 0 Å². The van der Waals surface area contributed by atoms with E-state index in [1.54, 1.807) is 14.2 Å². The van der Waals surface area contributed by atoms with Crippen LogP contribution in [-0.2, 0) is 20.8 Å². The van der Waals surface area contributed by atoms with Gasteiger partial charge in [0.15, 0.2) is 0 Å². The predicted octanol–water partition coefficient (Wildman–Crippen LogP) is 1.44. The molecule has 0 radical (unpaired) electrons. The highest BCUT2D eigenvalue weighted by Gasteiger charge is 2.35. The first kappa shape index (κ1) is 18.3. The quantitative estimate of drug-likeness (QED) is 0.843. The molecule has 1 saturated heterocycles. The smallest absolute Gasteiger partial charge is 0.251 e. The van der Waals surface area contributed by atoms with Gasteiger partial charge in [-0.3, -0.25) is 9.69 Å². The van der Waals surface area contributed by atoms with Crippen molar-refractivity contribution < 1.29 is 19.0 Å². The third-order valence-corrected chi connectivity index (χ3v) is 5.15. The van der Waals surface area contributed by atoms with Crippen LogP contribution in [0.1, 0.15) is 28.8 Å².